The first kappa shape index (κ1) is 22.8. The minimum Gasteiger partial charge on any atom is -0.497 e. The Balaban J connectivity index is 1.66. The minimum atomic E-state index is -1.03. The third-order valence-electron chi connectivity index (χ3n) is 5.65. The van der Waals surface area contributed by atoms with Crippen molar-refractivity contribution in [3.63, 3.8) is 0 Å². The third kappa shape index (κ3) is 4.99. The van der Waals surface area contributed by atoms with Gasteiger partial charge in [-0.2, -0.15) is 0 Å². The van der Waals surface area contributed by atoms with Crippen LogP contribution in [0.2, 0.25) is 0 Å². The number of hydrogen-bond donors (Lipinski definition) is 2. The summed E-state index contributed by atoms with van der Waals surface area (Å²) < 4.78 is 10.5. The van der Waals surface area contributed by atoms with Gasteiger partial charge in [0.25, 0.3) is 0 Å². The molecule has 0 aliphatic rings. The maximum atomic E-state index is 13.4. The molecule has 1 heterocycles. The molecule has 0 spiro atoms. The Labute approximate surface area is 196 Å². The predicted molar refractivity (Wildman–Crippen MR) is 129 cm³/mol. The Morgan fingerprint density at radius 1 is 0.941 bits per heavy atom. The van der Waals surface area contributed by atoms with Crippen molar-refractivity contribution < 1.29 is 18.7 Å². The van der Waals surface area contributed by atoms with Crippen LogP contribution in [0.4, 0.5) is 0 Å². The Bertz CT molecular complexity index is 1330. The van der Waals surface area contributed by atoms with Crippen molar-refractivity contribution in [1.82, 2.24) is 5.32 Å². The van der Waals surface area contributed by atoms with Crippen LogP contribution in [0.25, 0.3) is 11.0 Å². The van der Waals surface area contributed by atoms with Crippen LogP contribution in [0.5, 0.6) is 5.75 Å². The second-order valence-electron chi connectivity index (χ2n) is 7.87. The van der Waals surface area contributed by atoms with E-state index in [0.29, 0.717) is 22.3 Å². The Morgan fingerprint density at radius 2 is 1.56 bits per heavy atom. The molecule has 7 heteroatoms. The van der Waals surface area contributed by atoms with Crippen LogP contribution in [-0.4, -0.2) is 25.0 Å². The lowest BCUT2D eigenvalue weighted by atomic mass is 9.90. The normalized spacial score (nSPS) is 11.8. The number of rotatable bonds is 8. The van der Waals surface area contributed by atoms with Crippen molar-refractivity contribution in [3.05, 3.63) is 112 Å². The molecule has 1 aromatic heterocycles. The van der Waals surface area contributed by atoms with E-state index in [1.165, 1.54) is 13.2 Å². The lowest BCUT2D eigenvalue weighted by Crippen LogP contribution is -2.47. The molecule has 0 saturated heterocycles. The molecule has 0 fully saturated rings. The average Bonchev–Trinajstić information content (AvgIpc) is 2.84. The number of primary amides is 1. The van der Waals surface area contributed by atoms with Gasteiger partial charge < -0.3 is 20.2 Å². The van der Waals surface area contributed by atoms with Crippen molar-refractivity contribution >= 4 is 22.8 Å². The zero-order valence-electron chi connectivity index (χ0n) is 18.6. The van der Waals surface area contributed by atoms with Crippen LogP contribution >= 0.6 is 0 Å². The van der Waals surface area contributed by atoms with Crippen LogP contribution in [-0.2, 0) is 16.0 Å². The standard InChI is InChI=1S/C27H24N2O5/c1-33-20-12-13-21-19(15-24(30)34-23(21)16-20)14-22(26(28)31)29-27(32)25(17-8-4-2-5-9-17)18-10-6-3-7-11-18/h2-13,15-16,22,25H,14H2,1H3,(H2,28,31)(H,29,32)/t22-/m1/s1. The van der Waals surface area contributed by atoms with E-state index in [2.05, 4.69) is 5.32 Å². The first-order chi connectivity index (χ1) is 16.5. The SMILES string of the molecule is COc1ccc2c(C[C@@H](NC(=O)C(c3ccccc3)c3ccccc3)C(N)=O)cc(=O)oc2c1. The highest BCUT2D eigenvalue weighted by atomic mass is 16.5. The molecule has 0 bridgehead atoms. The van der Waals surface area contributed by atoms with Gasteiger partial charge in [0.15, 0.2) is 0 Å². The fourth-order valence-corrected chi connectivity index (χ4v) is 3.99. The molecular weight excluding hydrogens is 432 g/mol. The third-order valence-corrected chi connectivity index (χ3v) is 5.65. The Hall–Kier alpha value is -4.39. The summed E-state index contributed by atoms with van der Waals surface area (Å²) in [4.78, 5) is 37.9. The van der Waals surface area contributed by atoms with Gasteiger partial charge in [-0.15, -0.1) is 0 Å². The minimum absolute atomic E-state index is 0.0335. The Kier molecular flexibility index (Phi) is 6.73. The van der Waals surface area contributed by atoms with E-state index in [9.17, 15) is 14.4 Å². The number of methoxy groups -OCH3 is 1. The summed E-state index contributed by atoms with van der Waals surface area (Å²) in [6.07, 6.45) is 0.0335. The van der Waals surface area contributed by atoms with E-state index >= 15 is 0 Å². The van der Waals surface area contributed by atoms with E-state index in [1.54, 1.807) is 18.2 Å². The first-order valence-corrected chi connectivity index (χ1v) is 10.8. The van der Waals surface area contributed by atoms with E-state index in [4.69, 9.17) is 14.9 Å². The lowest BCUT2D eigenvalue weighted by Gasteiger charge is -2.22. The fraction of sp³-hybridized carbons (Fsp3) is 0.148. The van der Waals surface area contributed by atoms with E-state index in [1.807, 2.05) is 60.7 Å². The highest BCUT2D eigenvalue weighted by molar-refractivity contribution is 5.92. The molecule has 4 rings (SSSR count). The number of amides is 2. The molecule has 0 aliphatic heterocycles. The van der Waals surface area contributed by atoms with E-state index in [0.717, 1.165) is 11.1 Å². The van der Waals surface area contributed by atoms with Crippen molar-refractivity contribution in [3.8, 4) is 5.75 Å². The van der Waals surface area contributed by atoms with Crippen LogP contribution in [0.1, 0.15) is 22.6 Å². The summed E-state index contributed by atoms with van der Waals surface area (Å²) in [5.74, 6) is -1.18. The molecule has 1 atom stereocenters. The summed E-state index contributed by atoms with van der Waals surface area (Å²) >= 11 is 0. The molecule has 0 aliphatic carbocycles. The molecule has 7 nitrogen and oxygen atoms in total. The molecular formula is C27H24N2O5. The van der Waals surface area contributed by atoms with Crippen LogP contribution < -0.4 is 21.4 Å². The fourth-order valence-electron chi connectivity index (χ4n) is 3.99. The summed E-state index contributed by atoms with van der Waals surface area (Å²) in [6, 6.07) is 23.9. The second kappa shape index (κ2) is 10.0. The monoisotopic (exact) mass is 456 g/mol. The number of benzene rings is 3. The molecule has 0 radical (unpaired) electrons. The lowest BCUT2D eigenvalue weighted by molar-refractivity contribution is -0.127. The van der Waals surface area contributed by atoms with Crippen LogP contribution in [0, 0.1) is 0 Å². The van der Waals surface area contributed by atoms with Gasteiger partial charge in [0.2, 0.25) is 11.8 Å². The van der Waals surface area contributed by atoms with Gasteiger partial charge in [0.05, 0.1) is 13.0 Å². The zero-order valence-corrected chi connectivity index (χ0v) is 18.6. The number of hydrogen-bond acceptors (Lipinski definition) is 5. The van der Waals surface area contributed by atoms with Crippen LogP contribution in [0.15, 0.2) is 94.1 Å². The molecule has 4 aromatic rings. The van der Waals surface area contributed by atoms with E-state index < -0.39 is 23.5 Å². The maximum Gasteiger partial charge on any atom is 0.336 e. The summed E-state index contributed by atoms with van der Waals surface area (Å²) in [6.45, 7) is 0. The number of nitrogens with two attached hydrogens (primary N) is 1. The average molecular weight is 456 g/mol. The van der Waals surface area contributed by atoms with Gasteiger partial charge in [0, 0.05) is 23.9 Å². The number of fused-ring (bicyclic) bond motifs is 1. The number of ether oxygens (including phenoxy) is 1. The molecule has 172 valence electrons. The molecule has 34 heavy (non-hydrogen) atoms. The maximum absolute atomic E-state index is 13.4. The van der Waals surface area contributed by atoms with Crippen LogP contribution in [0.3, 0.4) is 0 Å². The predicted octanol–water partition coefficient (Wildman–Crippen LogP) is 3.15. The number of nitrogens with one attached hydrogen (secondary N) is 1. The van der Waals surface area contributed by atoms with Gasteiger partial charge in [-0.1, -0.05) is 60.7 Å². The molecule has 2 amide bonds. The van der Waals surface area contributed by atoms with Gasteiger partial charge >= 0.3 is 5.63 Å². The highest BCUT2D eigenvalue weighted by Gasteiger charge is 2.27. The largest absolute Gasteiger partial charge is 0.497 e. The number of carbonyl (C=O) groups excluding carboxylic acids is 2. The molecule has 0 saturated carbocycles. The van der Waals surface area contributed by atoms with Gasteiger partial charge in [0.1, 0.15) is 17.4 Å². The summed E-state index contributed by atoms with van der Waals surface area (Å²) in [7, 11) is 1.51. The topological polar surface area (TPSA) is 112 Å². The molecule has 3 aromatic carbocycles. The summed E-state index contributed by atoms with van der Waals surface area (Å²) in [5, 5.41) is 3.43. The zero-order chi connectivity index (χ0) is 24.1. The molecule has 0 unspecified atom stereocenters. The van der Waals surface area contributed by atoms with E-state index in [-0.39, 0.29) is 12.3 Å². The first-order valence-electron chi connectivity index (χ1n) is 10.8. The van der Waals surface area contributed by atoms with Gasteiger partial charge in [-0.25, -0.2) is 4.79 Å². The number of carbonyl (C=O) groups is 2. The van der Waals surface area contributed by atoms with Gasteiger partial charge in [-0.05, 0) is 28.8 Å². The van der Waals surface area contributed by atoms with Crippen molar-refractivity contribution in [2.24, 2.45) is 5.73 Å². The van der Waals surface area contributed by atoms with Gasteiger partial charge in [-0.3, -0.25) is 9.59 Å². The van der Waals surface area contributed by atoms with Crippen molar-refractivity contribution in [2.45, 2.75) is 18.4 Å². The molecule has 3 N–H and O–H groups in total. The van der Waals surface area contributed by atoms with Crippen molar-refractivity contribution in [1.29, 1.82) is 0 Å². The highest BCUT2D eigenvalue weighted by Crippen LogP contribution is 2.26. The summed E-state index contributed by atoms with van der Waals surface area (Å²) in [5.41, 5.74) is 7.52. The quantitative estimate of drug-likeness (QED) is 0.396. The van der Waals surface area contributed by atoms with Crippen molar-refractivity contribution in [2.75, 3.05) is 7.11 Å². The second-order valence-corrected chi connectivity index (χ2v) is 7.87. The smallest absolute Gasteiger partial charge is 0.336 e. The Morgan fingerprint density at radius 3 is 2.12 bits per heavy atom.